The number of rotatable bonds is 2. The van der Waals surface area contributed by atoms with Crippen LogP contribution < -0.4 is 11.1 Å². The number of pyridine rings is 1. The Kier molecular flexibility index (Phi) is 3.23. The van der Waals surface area contributed by atoms with E-state index < -0.39 is 5.54 Å². The van der Waals surface area contributed by atoms with Crippen LogP contribution in [0.5, 0.6) is 0 Å². The normalized spacial score (nSPS) is 11.1. The molecule has 0 aliphatic heterocycles. The molecule has 0 aliphatic carbocycles. The second kappa shape index (κ2) is 4.06. The van der Waals surface area contributed by atoms with Crippen LogP contribution in [0.1, 0.15) is 13.8 Å². The zero-order chi connectivity index (χ0) is 10.8. The van der Waals surface area contributed by atoms with Gasteiger partial charge in [0.25, 0.3) is 0 Å². The van der Waals surface area contributed by atoms with Crippen LogP contribution in [0.15, 0.2) is 22.9 Å². The number of nitrogens with one attached hydrogen (secondary N) is 1. The largest absolute Gasteiger partial charge is 0.323 e. The second-order valence-electron chi connectivity index (χ2n) is 3.53. The van der Waals surface area contributed by atoms with Crippen LogP contribution in [0.25, 0.3) is 0 Å². The molecule has 4 nitrogen and oxygen atoms in total. The van der Waals surface area contributed by atoms with Crippen molar-refractivity contribution >= 4 is 27.5 Å². The van der Waals surface area contributed by atoms with Gasteiger partial charge in [0, 0.05) is 12.4 Å². The van der Waals surface area contributed by atoms with Crippen LogP contribution in [0.4, 0.5) is 5.69 Å². The molecule has 0 saturated carbocycles. The number of nitrogens with zero attached hydrogens (tertiary/aromatic N) is 1. The van der Waals surface area contributed by atoms with Gasteiger partial charge < -0.3 is 11.1 Å². The average molecular weight is 258 g/mol. The first-order valence-electron chi connectivity index (χ1n) is 4.11. The van der Waals surface area contributed by atoms with E-state index in [1.807, 2.05) is 0 Å². The third-order valence-corrected chi connectivity index (χ3v) is 2.24. The highest BCUT2D eigenvalue weighted by Crippen LogP contribution is 2.20. The van der Waals surface area contributed by atoms with Gasteiger partial charge in [-0.05, 0) is 35.8 Å². The van der Waals surface area contributed by atoms with E-state index in [1.54, 1.807) is 32.3 Å². The van der Waals surface area contributed by atoms with Crippen LogP contribution >= 0.6 is 15.9 Å². The average Bonchev–Trinajstić information content (AvgIpc) is 2.07. The number of nitrogens with two attached hydrogens (primary N) is 1. The molecule has 0 radical (unpaired) electrons. The van der Waals surface area contributed by atoms with Gasteiger partial charge in [-0.1, -0.05) is 0 Å². The molecule has 3 N–H and O–H groups in total. The minimum atomic E-state index is -0.886. The van der Waals surface area contributed by atoms with E-state index in [0.717, 1.165) is 4.47 Å². The van der Waals surface area contributed by atoms with Crippen molar-refractivity contribution in [2.24, 2.45) is 5.73 Å². The summed E-state index contributed by atoms with van der Waals surface area (Å²) in [5, 5.41) is 2.70. The SMILES string of the molecule is CC(C)(N)C(=O)Nc1ccncc1Br. The first-order valence-corrected chi connectivity index (χ1v) is 4.90. The molecular weight excluding hydrogens is 246 g/mol. The smallest absolute Gasteiger partial charge is 0.243 e. The van der Waals surface area contributed by atoms with Gasteiger partial charge in [-0.3, -0.25) is 9.78 Å². The highest BCUT2D eigenvalue weighted by molar-refractivity contribution is 9.10. The van der Waals surface area contributed by atoms with Crippen molar-refractivity contribution in [3.63, 3.8) is 0 Å². The van der Waals surface area contributed by atoms with E-state index in [9.17, 15) is 4.79 Å². The molecule has 0 fully saturated rings. The third kappa shape index (κ3) is 2.78. The van der Waals surface area contributed by atoms with Crippen molar-refractivity contribution in [1.29, 1.82) is 0 Å². The first-order chi connectivity index (χ1) is 6.41. The Balaban J connectivity index is 2.80. The highest BCUT2D eigenvalue weighted by Gasteiger charge is 2.22. The molecule has 5 heteroatoms. The number of anilines is 1. The lowest BCUT2D eigenvalue weighted by atomic mass is 10.1. The van der Waals surface area contributed by atoms with E-state index >= 15 is 0 Å². The minimum absolute atomic E-state index is 0.232. The minimum Gasteiger partial charge on any atom is -0.323 e. The molecule has 1 aromatic heterocycles. The lowest BCUT2D eigenvalue weighted by Crippen LogP contribution is -2.45. The zero-order valence-electron chi connectivity index (χ0n) is 8.04. The van der Waals surface area contributed by atoms with Crippen LogP contribution in [-0.4, -0.2) is 16.4 Å². The van der Waals surface area contributed by atoms with Crippen LogP contribution in [0, 0.1) is 0 Å². The maximum absolute atomic E-state index is 11.5. The Bertz CT molecular complexity index is 346. The number of carbonyl (C=O) groups is 1. The highest BCUT2D eigenvalue weighted by atomic mass is 79.9. The number of amides is 1. The van der Waals surface area contributed by atoms with Gasteiger partial charge in [0.15, 0.2) is 0 Å². The molecule has 0 aromatic carbocycles. The Morgan fingerprint density at radius 2 is 2.29 bits per heavy atom. The maximum Gasteiger partial charge on any atom is 0.243 e. The summed E-state index contributed by atoms with van der Waals surface area (Å²) in [5.41, 5.74) is 5.42. The Morgan fingerprint density at radius 1 is 1.64 bits per heavy atom. The fourth-order valence-corrected chi connectivity index (χ4v) is 1.11. The first kappa shape index (κ1) is 11.1. The molecule has 0 unspecified atom stereocenters. The van der Waals surface area contributed by atoms with Gasteiger partial charge in [-0.15, -0.1) is 0 Å². The quantitative estimate of drug-likeness (QED) is 0.845. The molecule has 1 heterocycles. The summed E-state index contributed by atoms with van der Waals surface area (Å²) in [4.78, 5) is 15.4. The molecule has 14 heavy (non-hydrogen) atoms. The van der Waals surface area contributed by atoms with Crippen LogP contribution in [-0.2, 0) is 4.79 Å². The van der Waals surface area contributed by atoms with Crippen molar-refractivity contribution in [2.45, 2.75) is 19.4 Å². The fourth-order valence-electron chi connectivity index (χ4n) is 0.760. The van der Waals surface area contributed by atoms with Crippen molar-refractivity contribution < 1.29 is 4.79 Å². The van der Waals surface area contributed by atoms with Crippen molar-refractivity contribution in [3.8, 4) is 0 Å². The molecule has 76 valence electrons. The molecule has 0 spiro atoms. The van der Waals surface area contributed by atoms with E-state index in [-0.39, 0.29) is 5.91 Å². The predicted molar refractivity (Wildman–Crippen MR) is 58.8 cm³/mol. The Morgan fingerprint density at radius 3 is 2.79 bits per heavy atom. The second-order valence-corrected chi connectivity index (χ2v) is 4.39. The molecule has 1 aromatic rings. The summed E-state index contributed by atoms with van der Waals surface area (Å²) in [6.45, 7) is 3.30. The van der Waals surface area contributed by atoms with Crippen LogP contribution in [0.2, 0.25) is 0 Å². The lowest BCUT2D eigenvalue weighted by Gasteiger charge is -2.18. The summed E-state index contributed by atoms with van der Waals surface area (Å²) >= 11 is 3.27. The number of carbonyl (C=O) groups excluding carboxylic acids is 1. The summed E-state index contributed by atoms with van der Waals surface area (Å²) in [6, 6.07) is 1.70. The van der Waals surface area contributed by atoms with Gasteiger partial charge >= 0.3 is 0 Å². The molecule has 0 saturated heterocycles. The molecule has 0 atom stereocenters. The number of halogens is 1. The van der Waals surface area contributed by atoms with Crippen LogP contribution in [0.3, 0.4) is 0 Å². The fraction of sp³-hybridized carbons (Fsp3) is 0.333. The molecular formula is C9H12BrN3O. The summed E-state index contributed by atoms with van der Waals surface area (Å²) < 4.78 is 0.734. The molecule has 1 amide bonds. The van der Waals surface area contributed by atoms with Crippen molar-refractivity contribution in [3.05, 3.63) is 22.9 Å². The summed E-state index contributed by atoms with van der Waals surface area (Å²) in [5.74, 6) is -0.232. The zero-order valence-corrected chi connectivity index (χ0v) is 9.63. The third-order valence-electron chi connectivity index (χ3n) is 1.61. The van der Waals surface area contributed by atoms with Crippen molar-refractivity contribution in [2.75, 3.05) is 5.32 Å². The Hall–Kier alpha value is -0.940. The topological polar surface area (TPSA) is 68.0 Å². The molecule has 0 aliphatic rings. The maximum atomic E-state index is 11.5. The number of hydrogen-bond donors (Lipinski definition) is 2. The lowest BCUT2D eigenvalue weighted by molar-refractivity contribution is -0.120. The number of hydrogen-bond acceptors (Lipinski definition) is 3. The summed E-state index contributed by atoms with van der Waals surface area (Å²) in [7, 11) is 0. The monoisotopic (exact) mass is 257 g/mol. The van der Waals surface area contributed by atoms with E-state index in [2.05, 4.69) is 26.2 Å². The van der Waals surface area contributed by atoms with Gasteiger partial charge in [0.2, 0.25) is 5.91 Å². The standard InChI is InChI=1S/C9H12BrN3O/c1-9(2,11)8(14)13-7-3-4-12-5-6(7)10/h3-5H,11H2,1-2H3,(H,12,13,14). The van der Waals surface area contributed by atoms with E-state index in [4.69, 9.17) is 5.73 Å². The predicted octanol–water partition coefficient (Wildman–Crippen LogP) is 1.52. The summed E-state index contributed by atoms with van der Waals surface area (Å²) in [6.07, 6.45) is 3.21. The van der Waals surface area contributed by atoms with Gasteiger partial charge in [-0.25, -0.2) is 0 Å². The van der Waals surface area contributed by atoms with E-state index in [0.29, 0.717) is 5.69 Å². The van der Waals surface area contributed by atoms with Gasteiger partial charge in [-0.2, -0.15) is 0 Å². The van der Waals surface area contributed by atoms with E-state index in [1.165, 1.54) is 0 Å². The molecule has 0 bridgehead atoms. The van der Waals surface area contributed by atoms with Gasteiger partial charge in [0.1, 0.15) is 0 Å². The van der Waals surface area contributed by atoms with Crippen molar-refractivity contribution in [1.82, 2.24) is 4.98 Å². The molecule has 1 rings (SSSR count). The van der Waals surface area contributed by atoms with Gasteiger partial charge in [0.05, 0.1) is 15.7 Å². The Labute approximate surface area is 91.0 Å². The number of aromatic nitrogens is 1.